The molecule has 0 amide bonds. The molecular formula is C10H13N4+. The normalized spacial score (nSPS) is 9.36. The lowest BCUT2D eigenvalue weighted by Gasteiger charge is -1.97. The first kappa shape index (κ1) is 10.3. The molecule has 1 heterocycles. The number of hydrogen-bond donors (Lipinski definition) is 0. The first-order valence-electron chi connectivity index (χ1n) is 4.64. The average molecular weight is 189 g/mol. The van der Waals surface area contributed by atoms with Gasteiger partial charge < -0.3 is 0 Å². The highest BCUT2D eigenvalue weighted by Crippen LogP contribution is 1.96. The number of nitriles is 2. The van der Waals surface area contributed by atoms with Crippen molar-refractivity contribution < 1.29 is 4.57 Å². The zero-order valence-corrected chi connectivity index (χ0v) is 8.27. The summed E-state index contributed by atoms with van der Waals surface area (Å²) in [5.41, 5.74) is 0. The summed E-state index contributed by atoms with van der Waals surface area (Å²) in [6, 6.07) is 4.23. The number of nitrogens with zero attached hydrogens (tertiary/aromatic N) is 4. The van der Waals surface area contributed by atoms with Crippen molar-refractivity contribution in [1.82, 2.24) is 4.57 Å². The van der Waals surface area contributed by atoms with Gasteiger partial charge in [-0.1, -0.05) is 6.92 Å². The van der Waals surface area contributed by atoms with Gasteiger partial charge >= 0.3 is 0 Å². The number of aryl methyl sites for hydroxylation is 1. The lowest BCUT2D eigenvalue weighted by Crippen LogP contribution is -2.36. The Labute approximate surface area is 83.6 Å². The predicted molar refractivity (Wildman–Crippen MR) is 49.8 cm³/mol. The molecule has 0 saturated carbocycles. The minimum Gasteiger partial charge on any atom is -0.233 e. The fourth-order valence-electron chi connectivity index (χ4n) is 1.50. The van der Waals surface area contributed by atoms with Crippen molar-refractivity contribution in [2.24, 2.45) is 0 Å². The number of rotatable bonds is 4. The number of aromatic nitrogens is 2. The van der Waals surface area contributed by atoms with Crippen LogP contribution < -0.4 is 4.57 Å². The van der Waals surface area contributed by atoms with Crippen LogP contribution in [0.15, 0.2) is 12.4 Å². The summed E-state index contributed by atoms with van der Waals surface area (Å²) in [5, 5.41) is 17.1. The van der Waals surface area contributed by atoms with Crippen LogP contribution in [0.4, 0.5) is 0 Å². The number of imidazole rings is 1. The smallest absolute Gasteiger partial charge is 0.233 e. The van der Waals surface area contributed by atoms with Crippen LogP contribution in [0.1, 0.15) is 19.2 Å². The van der Waals surface area contributed by atoms with Crippen LogP contribution in [0.2, 0.25) is 0 Å². The third kappa shape index (κ3) is 2.11. The molecule has 0 fully saturated rings. The van der Waals surface area contributed by atoms with Crippen LogP contribution >= 0.6 is 0 Å². The molecule has 0 N–H and O–H groups in total. The van der Waals surface area contributed by atoms with Crippen molar-refractivity contribution in [3.05, 3.63) is 18.2 Å². The third-order valence-corrected chi connectivity index (χ3v) is 2.11. The third-order valence-electron chi connectivity index (χ3n) is 2.11. The Balaban J connectivity index is 2.85. The standard InChI is InChI=1S/C10H13N4/c1-2-10-13(6-3-4-11)8-9-14(10)7-5-12/h8-9H,2-3,6-7H2,1H3/q+1. The minimum absolute atomic E-state index is 0.378. The molecule has 14 heavy (non-hydrogen) atoms. The highest BCUT2D eigenvalue weighted by atomic mass is 15.1. The Morgan fingerprint density at radius 3 is 2.79 bits per heavy atom. The highest BCUT2D eigenvalue weighted by Gasteiger charge is 2.13. The molecule has 0 aliphatic rings. The second-order valence-corrected chi connectivity index (χ2v) is 2.96. The van der Waals surface area contributed by atoms with Crippen LogP contribution in [-0.4, -0.2) is 4.57 Å². The van der Waals surface area contributed by atoms with E-state index in [4.69, 9.17) is 10.5 Å². The molecule has 0 spiro atoms. The van der Waals surface area contributed by atoms with Crippen molar-refractivity contribution in [1.29, 1.82) is 10.5 Å². The summed E-state index contributed by atoms with van der Waals surface area (Å²) < 4.78 is 3.94. The van der Waals surface area contributed by atoms with E-state index in [9.17, 15) is 0 Å². The van der Waals surface area contributed by atoms with Crippen molar-refractivity contribution in [3.8, 4) is 12.1 Å². The van der Waals surface area contributed by atoms with Gasteiger partial charge in [-0.05, 0) is 0 Å². The van der Waals surface area contributed by atoms with E-state index >= 15 is 0 Å². The van der Waals surface area contributed by atoms with E-state index in [1.807, 2.05) is 28.5 Å². The molecule has 72 valence electrons. The summed E-state index contributed by atoms with van der Waals surface area (Å²) in [6.07, 6.45) is 5.20. The first-order valence-corrected chi connectivity index (χ1v) is 4.64. The molecule has 0 unspecified atom stereocenters. The van der Waals surface area contributed by atoms with Crippen molar-refractivity contribution in [2.45, 2.75) is 32.9 Å². The number of hydrogen-bond acceptors (Lipinski definition) is 2. The summed E-state index contributed by atoms with van der Waals surface area (Å²) in [4.78, 5) is 0. The Morgan fingerprint density at radius 1 is 1.43 bits per heavy atom. The van der Waals surface area contributed by atoms with Crippen LogP contribution in [0, 0.1) is 22.7 Å². The molecule has 4 nitrogen and oxygen atoms in total. The fourth-order valence-corrected chi connectivity index (χ4v) is 1.50. The molecule has 1 rings (SSSR count). The monoisotopic (exact) mass is 189 g/mol. The van der Waals surface area contributed by atoms with E-state index < -0.39 is 0 Å². The topological polar surface area (TPSA) is 56.4 Å². The fraction of sp³-hybridized carbons (Fsp3) is 0.500. The second kappa shape index (κ2) is 5.04. The molecule has 0 bridgehead atoms. The maximum Gasteiger partial charge on any atom is 0.257 e. The highest BCUT2D eigenvalue weighted by molar-refractivity contribution is 4.87. The molecule has 0 aliphatic carbocycles. The van der Waals surface area contributed by atoms with E-state index in [-0.39, 0.29) is 0 Å². The average Bonchev–Trinajstić information content (AvgIpc) is 2.58. The van der Waals surface area contributed by atoms with Crippen LogP contribution in [0.5, 0.6) is 0 Å². The Kier molecular flexibility index (Phi) is 3.69. The summed E-state index contributed by atoms with van der Waals surface area (Å²) in [7, 11) is 0. The zero-order valence-electron chi connectivity index (χ0n) is 8.27. The Morgan fingerprint density at radius 2 is 2.21 bits per heavy atom. The first-order chi connectivity index (χ1) is 6.83. The van der Waals surface area contributed by atoms with Gasteiger partial charge in [-0.25, -0.2) is 9.13 Å². The lowest BCUT2D eigenvalue weighted by molar-refractivity contribution is -0.702. The van der Waals surface area contributed by atoms with Gasteiger partial charge in [-0.15, -0.1) is 0 Å². The second-order valence-electron chi connectivity index (χ2n) is 2.96. The van der Waals surface area contributed by atoms with Gasteiger partial charge in [-0.3, -0.25) is 0 Å². The van der Waals surface area contributed by atoms with Gasteiger partial charge in [0.15, 0.2) is 6.54 Å². The van der Waals surface area contributed by atoms with Gasteiger partial charge in [0.05, 0.1) is 12.5 Å². The van der Waals surface area contributed by atoms with E-state index in [0.717, 1.165) is 12.2 Å². The molecule has 0 radical (unpaired) electrons. The molecule has 0 atom stereocenters. The van der Waals surface area contributed by atoms with Crippen molar-refractivity contribution >= 4 is 0 Å². The van der Waals surface area contributed by atoms with Crippen molar-refractivity contribution in [3.63, 3.8) is 0 Å². The summed E-state index contributed by atoms with van der Waals surface area (Å²) in [5.74, 6) is 1.10. The van der Waals surface area contributed by atoms with Gasteiger partial charge in [0.1, 0.15) is 25.0 Å². The van der Waals surface area contributed by atoms with Gasteiger partial charge in [0, 0.05) is 6.42 Å². The quantitative estimate of drug-likeness (QED) is 0.657. The van der Waals surface area contributed by atoms with E-state index in [0.29, 0.717) is 19.5 Å². The molecule has 0 aliphatic heterocycles. The van der Waals surface area contributed by atoms with Gasteiger partial charge in [0.25, 0.3) is 5.82 Å². The van der Waals surface area contributed by atoms with Crippen LogP contribution in [0.3, 0.4) is 0 Å². The molecule has 1 aromatic rings. The molecule has 0 aromatic carbocycles. The largest absolute Gasteiger partial charge is 0.257 e. The van der Waals surface area contributed by atoms with Crippen LogP contribution in [-0.2, 0) is 19.5 Å². The van der Waals surface area contributed by atoms with E-state index in [1.165, 1.54) is 0 Å². The van der Waals surface area contributed by atoms with E-state index in [2.05, 4.69) is 12.1 Å². The summed E-state index contributed by atoms with van der Waals surface area (Å²) >= 11 is 0. The van der Waals surface area contributed by atoms with Crippen LogP contribution in [0.25, 0.3) is 0 Å². The maximum atomic E-state index is 8.59. The van der Waals surface area contributed by atoms with Gasteiger partial charge in [0.2, 0.25) is 0 Å². The Hall–Kier alpha value is -1.81. The predicted octanol–water partition coefficient (Wildman–Crippen LogP) is 0.775. The molecule has 4 heteroatoms. The maximum absolute atomic E-state index is 8.59. The SMILES string of the molecule is CCc1n(CC#N)cc[n+]1CCC#N. The molecular weight excluding hydrogens is 176 g/mol. The minimum atomic E-state index is 0.378. The zero-order chi connectivity index (χ0) is 10.4. The van der Waals surface area contributed by atoms with E-state index in [1.54, 1.807) is 0 Å². The van der Waals surface area contributed by atoms with Gasteiger partial charge in [-0.2, -0.15) is 10.5 Å². The Bertz CT molecular complexity index is 378. The van der Waals surface area contributed by atoms with Crippen molar-refractivity contribution in [2.75, 3.05) is 0 Å². The molecule has 0 saturated heterocycles. The summed E-state index contributed by atoms with van der Waals surface area (Å²) in [6.45, 7) is 3.13. The molecule has 1 aromatic heterocycles. The lowest BCUT2D eigenvalue weighted by atomic mass is 10.4.